The Hall–Kier alpha value is -4.74. The summed E-state index contributed by atoms with van der Waals surface area (Å²) in [6, 6.07) is 15.0. The third kappa shape index (κ3) is 3.96. The van der Waals surface area contributed by atoms with Gasteiger partial charge in [0.05, 0.1) is 28.7 Å². The van der Waals surface area contributed by atoms with Gasteiger partial charge in [-0.1, -0.05) is 30.3 Å². The fourth-order valence-corrected chi connectivity index (χ4v) is 3.18. The Morgan fingerprint density at radius 3 is 2.38 bits per heavy atom. The number of nitro benzene ring substituents is 2. The van der Waals surface area contributed by atoms with E-state index in [1.54, 1.807) is 6.07 Å². The molecule has 0 saturated carbocycles. The SMILES string of the molecule is COc1ccc(Nc2cc(NCc3ccccc3)c([N+](=O)[O-])c3nonc23)c([N+](=O)[O-])c1. The first-order valence-corrected chi connectivity index (χ1v) is 9.29. The summed E-state index contributed by atoms with van der Waals surface area (Å²) in [7, 11) is 1.40. The van der Waals surface area contributed by atoms with E-state index in [4.69, 9.17) is 9.37 Å². The lowest BCUT2D eigenvalue weighted by atomic mass is 10.1. The molecule has 0 bridgehead atoms. The molecule has 4 rings (SSSR count). The summed E-state index contributed by atoms with van der Waals surface area (Å²) in [5.74, 6) is 0.310. The largest absolute Gasteiger partial charge is 0.496 e. The van der Waals surface area contributed by atoms with Crippen LogP contribution < -0.4 is 15.4 Å². The number of rotatable bonds is 8. The van der Waals surface area contributed by atoms with Crippen LogP contribution >= 0.6 is 0 Å². The Bertz CT molecular complexity index is 1310. The summed E-state index contributed by atoms with van der Waals surface area (Å²) in [5, 5.41) is 36.7. The van der Waals surface area contributed by atoms with Crippen molar-refractivity contribution in [2.45, 2.75) is 6.54 Å². The number of nitro groups is 2. The van der Waals surface area contributed by atoms with Gasteiger partial charge in [-0.05, 0) is 34.1 Å². The molecule has 12 nitrogen and oxygen atoms in total. The van der Waals surface area contributed by atoms with E-state index >= 15 is 0 Å². The average Bonchev–Trinajstić information content (AvgIpc) is 3.28. The Labute approximate surface area is 180 Å². The first-order valence-electron chi connectivity index (χ1n) is 9.29. The summed E-state index contributed by atoms with van der Waals surface area (Å²) < 4.78 is 9.79. The number of fused-ring (bicyclic) bond motifs is 1. The number of hydrogen-bond acceptors (Lipinski definition) is 10. The summed E-state index contributed by atoms with van der Waals surface area (Å²) in [5.41, 5.74) is 0.858. The predicted molar refractivity (Wildman–Crippen MR) is 115 cm³/mol. The molecule has 1 heterocycles. The van der Waals surface area contributed by atoms with Crippen LogP contribution in [0.5, 0.6) is 5.75 Å². The molecule has 3 aromatic carbocycles. The highest BCUT2D eigenvalue weighted by Gasteiger charge is 2.27. The molecular formula is C20H16N6O6. The Morgan fingerprint density at radius 1 is 0.938 bits per heavy atom. The van der Waals surface area contributed by atoms with Gasteiger partial charge < -0.3 is 15.4 Å². The van der Waals surface area contributed by atoms with Crippen LogP contribution in [0.2, 0.25) is 0 Å². The van der Waals surface area contributed by atoms with Gasteiger partial charge in [-0.2, -0.15) is 0 Å². The van der Waals surface area contributed by atoms with Crippen molar-refractivity contribution in [1.29, 1.82) is 0 Å². The van der Waals surface area contributed by atoms with Crippen LogP contribution in [0.25, 0.3) is 11.0 Å². The van der Waals surface area contributed by atoms with Crippen LogP contribution in [-0.2, 0) is 6.54 Å². The first kappa shape index (κ1) is 20.5. The molecule has 162 valence electrons. The van der Waals surface area contributed by atoms with E-state index in [0.717, 1.165) is 5.56 Å². The van der Waals surface area contributed by atoms with E-state index in [9.17, 15) is 20.2 Å². The maximum Gasteiger partial charge on any atom is 0.323 e. The first-order chi connectivity index (χ1) is 15.5. The molecule has 4 aromatic rings. The van der Waals surface area contributed by atoms with Crippen LogP contribution in [0.3, 0.4) is 0 Å². The van der Waals surface area contributed by atoms with Crippen molar-refractivity contribution in [2.75, 3.05) is 17.7 Å². The number of nitrogens with zero attached hydrogens (tertiary/aromatic N) is 4. The lowest BCUT2D eigenvalue weighted by molar-refractivity contribution is -0.384. The van der Waals surface area contributed by atoms with Crippen LogP contribution in [0.15, 0.2) is 59.2 Å². The van der Waals surface area contributed by atoms with E-state index in [0.29, 0.717) is 12.3 Å². The van der Waals surface area contributed by atoms with Crippen molar-refractivity contribution in [3.63, 3.8) is 0 Å². The van der Waals surface area contributed by atoms with Crippen molar-refractivity contribution < 1.29 is 19.2 Å². The molecule has 0 fully saturated rings. The van der Waals surface area contributed by atoms with Crippen LogP contribution in [-0.4, -0.2) is 27.3 Å². The zero-order valence-electron chi connectivity index (χ0n) is 16.6. The van der Waals surface area contributed by atoms with Crippen molar-refractivity contribution in [1.82, 2.24) is 10.3 Å². The Kier molecular flexibility index (Phi) is 5.49. The molecular weight excluding hydrogens is 420 g/mol. The molecule has 12 heteroatoms. The lowest BCUT2D eigenvalue weighted by Crippen LogP contribution is -2.05. The van der Waals surface area contributed by atoms with Crippen molar-refractivity contribution in [3.05, 3.63) is 80.4 Å². The van der Waals surface area contributed by atoms with Gasteiger partial charge in [0, 0.05) is 6.54 Å². The highest BCUT2D eigenvalue weighted by molar-refractivity contribution is 6.01. The number of nitrogens with one attached hydrogen (secondary N) is 2. The number of benzene rings is 3. The predicted octanol–water partition coefficient (Wildman–Crippen LogP) is 4.40. The summed E-state index contributed by atoms with van der Waals surface area (Å²) in [6.07, 6.45) is 0. The van der Waals surface area contributed by atoms with Gasteiger partial charge in [-0.3, -0.25) is 20.2 Å². The van der Waals surface area contributed by atoms with Gasteiger partial charge in [0.1, 0.15) is 17.1 Å². The van der Waals surface area contributed by atoms with E-state index < -0.39 is 9.85 Å². The molecule has 0 aliphatic rings. The minimum Gasteiger partial charge on any atom is -0.496 e. The van der Waals surface area contributed by atoms with Crippen molar-refractivity contribution in [2.24, 2.45) is 0 Å². The number of hydrogen-bond donors (Lipinski definition) is 2. The van der Waals surface area contributed by atoms with Gasteiger partial charge in [0.15, 0.2) is 5.52 Å². The molecule has 0 saturated heterocycles. The Morgan fingerprint density at radius 2 is 1.69 bits per heavy atom. The Balaban J connectivity index is 1.78. The molecule has 0 amide bonds. The second-order valence-corrected chi connectivity index (χ2v) is 6.64. The fourth-order valence-electron chi connectivity index (χ4n) is 3.18. The smallest absolute Gasteiger partial charge is 0.323 e. The summed E-state index contributed by atoms with van der Waals surface area (Å²) in [4.78, 5) is 22.1. The third-order valence-corrected chi connectivity index (χ3v) is 4.69. The summed E-state index contributed by atoms with van der Waals surface area (Å²) >= 11 is 0. The van der Waals surface area contributed by atoms with Gasteiger partial charge in [0.2, 0.25) is 5.52 Å². The van der Waals surface area contributed by atoms with Gasteiger partial charge >= 0.3 is 5.69 Å². The van der Waals surface area contributed by atoms with E-state index in [-0.39, 0.29) is 39.5 Å². The zero-order chi connectivity index (χ0) is 22.7. The zero-order valence-corrected chi connectivity index (χ0v) is 16.6. The van der Waals surface area contributed by atoms with Crippen LogP contribution in [0.4, 0.5) is 28.4 Å². The molecule has 1 aromatic heterocycles. The number of ether oxygens (including phenoxy) is 1. The summed E-state index contributed by atoms with van der Waals surface area (Å²) in [6.45, 7) is 0.306. The molecule has 32 heavy (non-hydrogen) atoms. The normalized spacial score (nSPS) is 10.7. The van der Waals surface area contributed by atoms with E-state index in [1.165, 1.54) is 25.3 Å². The number of methoxy groups -OCH3 is 1. The standard InChI is InChI=1S/C20H16N6O6/c1-31-13-7-8-14(17(9-13)25(27)28)22-15-10-16(21-11-12-5-3-2-4-6-12)20(26(29)30)19-18(15)23-32-24-19/h2-10,21-22H,11H2,1H3. The average molecular weight is 436 g/mol. The highest BCUT2D eigenvalue weighted by Crippen LogP contribution is 2.40. The van der Waals surface area contributed by atoms with Gasteiger partial charge in [-0.25, -0.2) is 4.63 Å². The van der Waals surface area contributed by atoms with Gasteiger partial charge in [0.25, 0.3) is 5.69 Å². The maximum atomic E-state index is 11.8. The quantitative estimate of drug-likeness (QED) is 0.299. The topological polar surface area (TPSA) is 158 Å². The van der Waals surface area contributed by atoms with E-state index in [1.807, 2.05) is 30.3 Å². The highest BCUT2D eigenvalue weighted by atomic mass is 16.6. The number of anilines is 3. The molecule has 0 unspecified atom stereocenters. The second kappa shape index (κ2) is 8.55. The molecule has 0 aliphatic heterocycles. The van der Waals surface area contributed by atoms with Crippen molar-refractivity contribution in [3.8, 4) is 5.75 Å². The van der Waals surface area contributed by atoms with Crippen LogP contribution in [0.1, 0.15) is 5.56 Å². The second-order valence-electron chi connectivity index (χ2n) is 6.64. The monoisotopic (exact) mass is 436 g/mol. The minimum absolute atomic E-state index is 0.0621. The fraction of sp³-hybridized carbons (Fsp3) is 0.100. The maximum absolute atomic E-state index is 11.8. The van der Waals surface area contributed by atoms with Crippen LogP contribution in [0, 0.1) is 20.2 Å². The molecule has 0 aliphatic carbocycles. The van der Waals surface area contributed by atoms with E-state index in [2.05, 4.69) is 20.9 Å². The third-order valence-electron chi connectivity index (χ3n) is 4.69. The molecule has 0 radical (unpaired) electrons. The van der Waals surface area contributed by atoms with Crippen molar-refractivity contribution >= 4 is 39.5 Å². The number of aromatic nitrogens is 2. The molecule has 2 N–H and O–H groups in total. The molecule has 0 atom stereocenters. The lowest BCUT2D eigenvalue weighted by Gasteiger charge is -2.12. The minimum atomic E-state index is -0.584. The molecule has 0 spiro atoms. The van der Waals surface area contributed by atoms with Gasteiger partial charge in [-0.15, -0.1) is 0 Å².